The first-order valence-corrected chi connectivity index (χ1v) is 27.3. The number of benzene rings is 1. The van der Waals surface area contributed by atoms with Gasteiger partial charge in [0.25, 0.3) is 0 Å². The molecule has 1 aromatic carbocycles. The Balaban J connectivity index is 3.08. The van der Waals surface area contributed by atoms with Gasteiger partial charge in [-0.3, -0.25) is 4.79 Å². The Bertz CT molecular complexity index is 1130. The van der Waals surface area contributed by atoms with Gasteiger partial charge in [-0.25, -0.2) is 0 Å². The molecule has 0 spiro atoms. The Morgan fingerprint density at radius 3 is 1.76 bits per heavy atom. The van der Waals surface area contributed by atoms with Gasteiger partial charge in [0.1, 0.15) is 5.75 Å². The lowest BCUT2D eigenvalue weighted by atomic mass is 10.0. The summed E-state index contributed by atoms with van der Waals surface area (Å²) in [7, 11) is -2.37. The Labute approximate surface area is 310 Å². The van der Waals surface area contributed by atoms with Crippen molar-refractivity contribution in [3.63, 3.8) is 0 Å². The number of carbonyl (C=O) groups is 1. The largest absolute Gasteiger partial charge is 0.497 e. The van der Waals surface area contributed by atoms with Crippen LogP contribution in [-0.4, -0.2) is 76.5 Å². The zero-order chi connectivity index (χ0) is 38.0. The summed E-state index contributed by atoms with van der Waals surface area (Å²) in [6.07, 6.45) is 0.998. The molecule has 0 heterocycles. The summed E-state index contributed by atoms with van der Waals surface area (Å²) >= 11 is 0. The first kappa shape index (κ1) is 46.7. The lowest BCUT2D eigenvalue weighted by molar-refractivity contribution is -0.115. The lowest BCUT2D eigenvalue weighted by Crippen LogP contribution is -2.46. The fourth-order valence-corrected chi connectivity index (χ4v) is 12.9. The fourth-order valence-electron chi connectivity index (χ4n) is 6.01. The van der Waals surface area contributed by atoms with Crippen LogP contribution in [-0.2, 0) is 34.2 Å². The number of carbonyl (C=O) groups excluding carboxylic acids is 1. The molecule has 10 heteroatoms. The zero-order valence-corrected chi connectivity index (χ0v) is 37.5. The molecule has 0 unspecified atom stereocenters. The van der Waals surface area contributed by atoms with Crippen molar-refractivity contribution in [3.8, 4) is 17.6 Å². The van der Waals surface area contributed by atoms with Crippen molar-refractivity contribution >= 4 is 30.7 Å². The van der Waals surface area contributed by atoms with E-state index >= 15 is 0 Å². The molecular formula is C40H74O7Si3. The van der Waals surface area contributed by atoms with Gasteiger partial charge in [0.05, 0.1) is 38.6 Å². The van der Waals surface area contributed by atoms with Crippen molar-refractivity contribution in [2.24, 2.45) is 5.92 Å². The van der Waals surface area contributed by atoms with Crippen molar-refractivity contribution in [3.05, 3.63) is 29.8 Å². The van der Waals surface area contributed by atoms with E-state index in [-0.39, 0.29) is 35.1 Å². The van der Waals surface area contributed by atoms with Crippen molar-refractivity contribution in [2.75, 3.05) is 27.4 Å². The van der Waals surface area contributed by atoms with Crippen LogP contribution in [0.5, 0.6) is 5.75 Å². The molecule has 0 saturated carbocycles. The molecule has 50 heavy (non-hydrogen) atoms. The van der Waals surface area contributed by atoms with Gasteiger partial charge in [0, 0.05) is 26.1 Å². The van der Waals surface area contributed by atoms with Gasteiger partial charge in [-0.1, -0.05) is 80.4 Å². The molecule has 0 aliphatic rings. The van der Waals surface area contributed by atoms with E-state index in [1.54, 1.807) is 14.2 Å². The minimum atomic E-state index is -1.97. The summed E-state index contributed by atoms with van der Waals surface area (Å²) in [5.74, 6) is 6.96. The molecule has 1 rings (SSSR count). The summed E-state index contributed by atoms with van der Waals surface area (Å²) in [5, 5.41) is 0.149. The van der Waals surface area contributed by atoms with Gasteiger partial charge >= 0.3 is 0 Å². The van der Waals surface area contributed by atoms with Crippen LogP contribution in [0.25, 0.3) is 0 Å². The lowest BCUT2D eigenvalue weighted by Gasteiger charge is -2.38. The summed E-state index contributed by atoms with van der Waals surface area (Å²) in [6.45, 7) is 28.4. The van der Waals surface area contributed by atoms with Crippen LogP contribution in [0.4, 0.5) is 0 Å². The number of Topliss-reactive ketones (excluding diaryl/α,β-unsaturated/α-hetero) is 1. The van der Waals surface area contributed by atoms with E-state index in [1.165, 1.54) is 0 Å². The maximum atomic E-state index is 13.3. The molecule has 0 radical (unpaired) electrons. The number of hydrogen-bond acceptors (Lipinski definition) is 7. The molecule has 1 aromatic rings. The van der Waals surface area contributed by atoms with Crippen LogP contribution < -0.4 is 4.74 Å². The molecule has 0 aliphatic carbocycles. The van der Waals surface area contributed by atoms with Gasteiger partial charge < -0.3 is 27.5 Å². The second kappa shape index (κ2) is 22.7. The molecule has 0 aromatic heterocycles. The second-order valence-electron chi connectivity index (χ2n) is 15.4. The molecule has 0 bridgehead atoms. The molecule has 288 valence electrons. The fraction of sp³-hybridized carbons (Fsp3) is 0.775. The number of hydrogen-bond donors (Lipinski definition) is 0. The van der Waals surface area contributed by atoms with Gasteiger partial charge in [-0.05, 0) is 97.8 Å². The predicted octanol–water partition coefficient (Wildman–Crippen LogP) is 10.4. The predicted molar refractivity (Wildman–Crippen MR) is 217 cm³/mol. The van der Waals surface area contributed by atoms with Crippen molar-refractivity contribution < 1.29 is 32.3 Å². The average Bonchev–Trinajstić information content (AvgIpc) is 3.11. The highest BCUT2D eigenvalue weighted by Gasteiger charge is 2.39. The monoisotopic (exact) mass is 750 g/mol. The van der Waals surface area contributed by atoms with E-state index in [4.69, 9.17) is 27.5 Å². The minimum Gasteiger partial charge on any atom is -0.497 e. The number of ketones is 1. The quantitative estimate of drug-likeness (QED) is 0.0560. The third-order valence-corrected chi connectivity index (χ3v) is 25.3. The van der Waals surface area contributed by atoms with Gasteiger partial charge in [-0.15, -0.1) is 0 Å². The van der Waals surface area contributed by atoms with Gasteiger partial charge in [0.15, 0.2) is 25.0 Å². The van der Waals surface area contributed by atoms with Crippen LogP contribution in [0.2, 0.25) is 54.4 Å². The standard InChI is InChI=1S/C40H74O7Si3/c1-15-49(16-2,17-3)46-37(29-30-45-48(13,14)40(8,9)10)33(7)21-24-35(41)25-28-38(43-12)39(47-50(18-4,19-5)20-6)32-44-31-34-22-26-36(42-11)27-23-34/h22-23,26-27,33,37-39H,15-20,25,28-32H2,1-14H3/t33-,37+,38-,39+/m0/s1. The highest BCUT2D eigenvalue weighted by molar-refractivity contribution is 6.74. The van der Waals surface area contributed by atoms with E-state index in [9.17, 15) is 4.79 Å². The molecular weight excluding hydrogens is 677 g/mol. The topological polar surface area (TPSA) is 72.5 Å². The number of ether oxygens (including phenoxy) is 3. The van der Waals surface area contributed by atoms with Gasteiger partial charge in [-0.2, -0.15) is 0 Å². The molecule has 0 N–H and O–H groups in total. The molecule has 0 aliphatic heterocycles. The van der Waals surface area contributed by atoms with Crippen LogP contribution in [0.3, 0.4) is 0 Å². The van der Waals surface area contributed by atoms with E-state index in [1.807, 2.05) is 24.3 Å². The Kier molecular flexibility index (Phi) is 21.2. The van der Waals surface area contributed by atoms with E-state index in [0.717, 1.165) is 54.0 Å². The maximum absolute atomic E-state index is 13.3. The van der Waals surface area contributed by atoms with Crippen LogP contribution in [0.1, 0.15) is 94.1 Å². The number of methoxy groups -OCH3 is 2. The molecule has 4 atom stereocenters. The highest BCUT2D eigenvalue weighted by atomic mass is 28.4. The SMILES string of the molecule is CC[Si](CC)(CC)O[C@H](COCc1ccc(OC)cc1)[C@H](CCC(=O)C#C[C@H](C)[C@@H](CCO[Si](C)(C)C(C)(C)C)O[Si](CC)(CC)CC)OC. The van der Waals surface area contributed by atoms with E-state index in [0.29, 0.717) is 32.7 Å². The summed E-state index contributed by atoms with van der Waals surface area (Å²) in [4.78, 5) is 13.3. The smallest absolute Gasteiger partial charge is 0.205 e. The maximum Gasteiger partial charge on any atom is 0.205 e. The summed E-state index contributed by atoms with van der Waals surface area (Å²) in [5.41, 5.74) is 1.06. The highest BCUT2D eigenvalue weighted by Crippen LogP contribution is 2.37. The first-order chi connectivity index (χ1) is 23.5. The minimum absolute atomic E-state index is 0.0610. The van der Waals surface area contributed by atoms with Crippen molar-refractivity contribution in [2.45, 2.75) is 168 Å². The Morgan fingerprint density at radius 1 is 0.780 bits per heavy atom. The summed E-state index contributed by atoms with van der Waals surface area (Å²) < 4.78 is 38.0. The first-order valence-electron chi connectivity index (χ1n) is 19.3. The van der Waals surface area contributed by atoms with E-state index < -0.39 is 25.0 Å². The third-order valence-electron chi connectivity index (χ3n) is 11.4. The normalized spacial score (nSPS) is 15.2. The zero-order valence-electron chi connectivity index (χ0n) is 34.5. The molecule has 0 saturated heterocycles. The number of rotatable bonds is 25. The molecule has 0 fully saturated rings. The van der Waals surface area contributed by atoms with Crippen LogP contribution >= 0.6 is 0 Å². The second-order valence-corrected chi connectivity index (χ2v) is 29.6. The van der Waals surface area contributed by atoms with Crippen LogP contribution in [0.15, 0.2) is 24.3 Å². The van der Waals surface area contributed by atoms with Crippen molar-refractivity contribution in [1.82, 2.24) is 0 Å². The molecule has 7 nitrogen and oxygen atoms in total. The Morgan fingerprint density at radius 2 is 1.30 bits per heavy atom. The third kappa shape index (κ3) is 15.0. The van der Waals surface area contributed by atoms with E-state index in [2.05, 4.69) is 94.2 Å². The average molecular weight is 751 g/mol. The Hall–Kier alpha value is -1.30. The van der Waals surface area contributed by atoms with Crippen LogP contribution in [0, 0.1) is 17.8 Å². The van der Waals surface area contributed by atoms with Gasteiger partial charge in [0.2, 0.25) is 5.78 Å². The van der Waals surface area contributed by atoms with Crippen molar-refractivity contribution in [1.29, 1.82) is 0 Å². The summed E-state index contributed by atoms with van der Waals surface area (Å²) in [6, 6.07) is 14.2. The molecule has 0 amide bonds.